The number of likely N-dealkylation sites (tertiary alicyclic amines) is 1. The van der Waals surface area contributed by atoms with Crippen LogP contribution in [0.4, 0.5) is 18.9 Å². The van der Waals surface area contributed by atoms with Crippen molar-refractivity contribution in [1.29, 1.82) is 0 Å². The number of amides is 1. The minimum absolute atomic E-state index is 0.105. The normalized spacial score (nSPS) is 17.0. The van der Waals surface area contributed by atoms with E-state index in [0.717, 1.165) is 6.20 Å². The van der Waals surface area contributed by atoms with Gasteiger partial charge in [-0.15, -0.1) is 0 Å². The van der Waals surface area contributed by atoms with E-state index >= 15 is 0 Å². The van der Waals surface area contributed by atoms with Crippen LogP contribution in [-0.4, -0.2) is 44.7 Å². The van der Waals surface area contributed by atoms with Crippen LogP contribution in [0.5, 0.6) is 0 Å². The Morgan fingerprint density at radius 1 is 1.20 bits per heavy atom. The number of nitrogens with one attached hydrogen (secondary N) is 1. The standard InChI is InChI=1S/C20H21F3N4O3/c1-13-17(19(30)27(25(13)2)14-7-4-3-5-8-14)24-18(29)15-9-6-11-26(15)12-10-16(28)20(21,22)23/h3-5,7-8,10,12,15H,6,9,11H2,1-2H3,(H,24,29)/b12-10+. The zero-order valence-corrected chi connectivity index (χ0v) is 16.4. The van der Waals surface area contributed by atoms with Crippen molar-refractivity contribution in [2.24, 2.45) is 7.05 Å². The van der Waals surface area contributed by atoms with E-state index in [1.807, 2.05) is 6.07 Å². The lowest BCUT2D eigenvalue weighted by Crippen LogP contribution is -2.38. The fourth-order valence-corrected chi connectivity index (χ4v) is 3.43. The van der Waals surface area contributed by atoms with Crippen molar-refractivity contribution in [1.82, 2.24) is 14.3 Å². The van der Waals surface area contributed by atoms with Crippen LogP contribution in [0.2, 0.25) is 0 Å². The molecular weight excluding hydrogens is 401 g/mol. The molecular formula is C20H21F3N4O3. The maximum atomic E-state index is 12.9. The summed E-state index contributed by atoms with van der Waals surface area (Å²) in [6, 6.07) is 8.13. The highest BCUT2D eigenvalue weighted by Gasteiger charge is 2.37. The summed E-state index contributed by atoms with van der Waals surface area (Å²) in [6.45, 7) is 2.02. The molecule has 0 aliphatic carbocycles. The summed E-state index contributed by atoms with van der Waals surface area (Å²) in [5, 5.41) is 2.62. The maximum absolute atomic E-state index is 12.9. The van der Waals surface area contributed by atoms with Crippen molar-refractivity contribution < 1.29 is 22.8 Å². The lowest BCUT2D eigenvalue weighted by atomic mass is 10.2. The first kappa shape index (κ1) is 21.4. The average Bonchev–Trinajstić information content (AvgIpc) is 3.25. The number of carbonyl (C=O) groups is 2. The third kappa shape index (κ3) is 4.17. The number of ketones is 1. The summed E-state index contributed by atoms with van der Waals surface area (Å²) >= 11 is 0. The molecule has 0 bridgehead atoms. The second-order valence-electron chi connectivity index (χ2n) is 7.00. The molecule has 1 unspecified atom stereocenters. The molecule has 1 amide bonds. The first-order valence-electron chi connectivity index (χ1n) is 9.31. The lowest BCUT2D eigenvalue weighted by molar-refractivity contribution is -0.165. The Morgan fingerprint density at radius 2 is 1.87 bits per heavy atom. The second-order valence-corrected chi connectivity index (χ2v) is 7.00. The van der Waals surface area contributed by atoms with E-state index in [-0.39, 0.29) is 5.69 Å². The summed E-state index contributed by atoms with van der Waals surface area (Å²) in [5.74, 6) is -2.50. The van der Waals surface area contributed by atoms with Gasteiger partial charge in [-0.05, 0) is 31.9 Å². The molecule has 160 valence electrons. The van der Waals surface area contributed by atoms with Crippen molar-refractivity contribution in [3.8, 4) is 5.69 Å². The Hall–Kier alpha value is -3.30. The zero-order valence-electron chi connectivity index (χ0n) is 16.4. The number of para-hydroxylation sites is 1. The number of allylic oxidation sites excluding steroid dienone is 1. The molecule has 1 atom stereocenters. The molecule has 2 aromatic rings. The lowest BCUT2D eigenvalue weighted by Gasteiger charge is -2.21. The number of hydrogen-bond donors (Lipinski definition) is 1. The Bertz CT molecular complexity index is 1040. The van der Waals surface area contributed by atoms with Crippen LogP contribution in [0.1, 0.15) is 18.5 Å². The third-order valence-electron chi connectivity index (χ3n) is 5.10. The van der Waals surface area contributed by atoms with E-state index in [1.165, 1.54) is 9.58 Å². The van der Waals surface area contributed by atoms with Gasteiger partial charge in [-0.3, -0.25) is 19.1 Å². The molecule has 0 spiro atoms. The summed E-state index contributed by atoms with van der Waals surface area (Å²) in [4.78, 5) is 38.1. The SMILES string of the molecule is Cc1c(NC(=O)C2CCCN2/C=C/C(=O)C(F)(F)F)c(=O)n(-c2ccccc2)n1C. The smallest absolute Gasteiger partial charge is 0.365 e. The van der Waals surface area contributed by atoms with Crippen LogP contribution in [0.3, 0.4) is 0 Å². The van der Waals surface area contributed by atoms with Gasteiger partial charge >= 0.3 is 6.18 Å². The topological polar surface area (TPSA) is 76.3 Å². The Balaban J connectivity index is 1.82. The first-order chi connectivity index (χ1) is 14.1. The highest BCUT2D eigenvalue weighted by atomic mass is 19.4. The maximum Gasteiger partial charge on any atom is 0.454 e. The Morgan fingerprint density at radius 3 is 2.50 bits per heavy atom. The molecule has 1 aromatic carbocycles. The van der Waals surface area contributed by atoms with Crippen molar-refractivity contribution >= 4 is 17.4 Å². The number of carbonyl (C=O) groups excluding carboxylic acids is 2. The number of aromatic nitrogens is 2. The number of benzene rings is 1. The van der Waals surface area contributed by atoms with E-state index in [9.17, 15) is 27.6 Å². The molecule has 1 aliphatic rings. The third-order valence-corrected chi connectivity index (χ3v) is 5.10. The predicted molar refractivity (Wildman–Crippen MR) is 104 cm³/mol. The summed E-state index contributed by atoms with van der Waals surface area (Å²) < 4.78 is 40.2. The van der Waals surface area contributed by atoms with Crippen LogP contribution in [-0.2, 0) is 16.6 Å². The molecule has 30 heavy (non-hydrogen) atoms. The number of hydrogen-bond acceptors (Lipinski definition) is 4. The fraction of sp³-hybridized carbons (Fsp3) is 0.350. The van der Waals surface area contributed by atoms with Gasteiger partial charge in [0.2, 0.25) is 5.91 Å². The van der Waals surface area contributed by atoms with Crippen LogP contribution in [0.25, 0.3) is 5.69 Å². The van der Waals surface area contributed by atoms with Crippen LogP contribution in [0, 0.1) is 6.92 Å². The monoisotopic (exact) mass is 422 g/mol. The number of alkyl halides is 3. The molecule has 3 rings (SSSR count). The van der Waals surface area contributed by atoms with Crippen LogP contribution >= 0.6 is 0 Å². The number of halogens is 3. The molecule has 1 N–H and O–H groups in total. The van der Waals surface area contributed by atoms with Crippen molar-refractivity contribution in [2.75, 3.05) is 11.9 Å². The molecule has 7 nitrogen and oxygen atoms in total. The van der Waals surface area contributed by atoms with Crippen molar-refractivity contribution in [2.45, 2.75) is 32.0 Å². The zero-order chi connectivity index (χ0) is 22.1. The van der Waals surface area contributed by atoms with E-state index in [2.05, 4.69) is 5.32 Å². The van der Waals surface area contributed by atoms with Gasteiger partial charge in [-0.25, -0.2) is 4.68 Å². The minimum Gasteiger partial charge on any atom is -0.365 e. The van der Waals surface area contributed by atoms with Gasteiger partial charge in [0.05, 0.1) is 11.4 Å². The molecule has 1 aliphatic heterocycles. The van der Waals surface area contributed by atoms with E-state index < -0.39 is 29.5 Å². The molecule has 10 heteroatoms. The summed E-state index contributed by atoms with van der Waals surface area (Å²) in [5.41, 5.74) is 0.852. The van der Waals surface area contributed by atoms with Gasteiger partial charge < -0.3 is 10.2 Å². The molecule has 1 fully saturated rings. The molecule has 0 radical (unpaired) electrons. The van der Waals surface area contributed by atoms with Crippen molar-refractivity contribution in [3.05, 3.63) is 58.7 Å². The minimum atomic E-state index is -4.96. The number of anilines is 1. The molecule has 1 saturated heterocycles. The average molecular weight is 422 g/mol. The van der Waals surface area contributed by atoms with Crippen LogP contribution < -0.4 is 10.9 Å². The van der Waals surface area contributed by atoms with E-state index in [4.69, 9.17) is 0 Å². The Labute approximate surface area is 170 Å². The van der Waals surface area contributed by atoms with Crippen molar-refractivity contribution in [3.63, 3.8) is 0 Å². The quantitative estimate of drug-likeness (QED) is 0.752. The first-order valence-corrected chi connectivity index (χ1v) is 9.31. The van der Waals surface area contributed by atoms with Crippen LogP contribution in [0.15, 0.2) is 47.4 Å². The fourth-order valence-electron chi connectivity index (χ4n) is 3.43. The molecule has 1 aromatic heterocycles. The highest BCUT2D eigenvalue weighted by molar-refractivity contribution is 5.96. The van der Waals surface area contributed by atoms with Gasteiger partial charge in [0.1, 0.15) is 11.7 Å². The van der Waals surface area contributed by atoms with Gasteiger partial charge in [-0.1, -0.05) is 18.2 Å². The van der Waals surface area contributed by atoms with Gasteiger partial charge in [0.15, 0.2) is 0 Å². The Kier molecular flexibility index (Phi) is 5.86. The molecule has 2 heterocycles. The van der Waals surface area contributed by atoms with Gasteiger partial charge in [0.25, 0.3) is 11.3 Å². The molecule has 0 saturated carbocycles. The van der Waals surface area contributed by atoms with Gasteiger partial charge in [-0.2, -0.15) is 13.2 Å². The van der Waals surface area contributed by atoms with E-state index in [1.54, 1.807) is 42.9 Å². The highest BCUT2D eigenvalue weighted by Crippen LogP contribution is 2.22. The number of nitrogens with zero attached hydrogens (tertiary/aromatic N) is 3. The number of rotatable bonds is 5. The summed E-state index contributed by atoms with van der Waals surface area (Å²) in [6.07, 6.45) is -2.58. The second kappa shape index (κ2) is 8.21. The predicted octanol–water partition coefficient (Wildman–Crippen LogP) is 2.53. The van der Waals surface area contributed by atoms with E-state index in [0.29, 0.717) is 36.8 Å². The largest absolute Gasteiger partial charge is 0.454 e. The summed E-state index contributed by atoms with van der Waals surface area (Å²) in [7, 11) is 1.69. The van der Waals surface area contributed by atoms with Gasteiger partial charge in [0, 0.05) is 25.9 Å².